The van der Waals surface area contributed by atoms with Gasteiger partial charge in [0.1, 0.15) is 11.6 Å². The Morgan fingerprint density at radius 2 is 1.84 bits per heavy atom. The van der Waals surface area contributed by atoms with Gasteiger partial charge >= 0.3 is 12.1 Å². The van der Waals surface area contributed by atoms with Crippen molar-refractivity contribution in [3.8, 4) is 0 Å². The first-order valence-corrected chi connectivity index (χ1v) is 9.63. The van der Waals surface area contributed by atoms with Crippen LogP contribution in [0.25, 0.3) is 0 Å². The van der Waals surface area contributed by atoms with Gasteiger partial charge in [0.25, 0.3) is 5.91 Å². The van der Waals surface area contributed by atoms with Gasteiger partial charge in [0.05, 0.1) is 16.1 Å². The molecule has 0 N–H and O–H groups in total. The second-order valence-corrected chi connectivity index (χ2v) is 7.34. The van der Waals surface area contributed by atoms with Crippen LogP contribution in [0.15, 0.2) is 30.5 Å². The van der Waals surface area contributed by atoms with Crippen molar-refractivity contribution in [3.05, 3.63) is 58.0 Å². The molecule has 2 aromatic rings. The number of nitrogens with zero attached hydrogens (tertiary/aromatic N) is 3. The number of alkyl halides is 3. The fourth-order valence-corrected chi connectivity index (χ4v) is 3.38. The molecule has 0 atom stereocenters. The quantitative estimate of drug-likeness (QED) is 0.515. The third kappa shape index (κ3) is 5.43. The molecule has 2 heterocycles. The standard InChI is InChI=1S/C20H18ClF4N3O3/c1-12-2-3-14(22)9-15(12)19(30)31-11-17(29)27-4-6-28(7-5-27)18-16(21)8-13(10-26-18)20(23,24)25/h2-3,8-10H,4-7,11H2,1H3. The molecule has 0 aliphatic carbocycles. The van der Waals surface area contributed by atoms with Crippen molar-refractivity contribution in [3.63, 3.8) is 0 Å². The van der Waals surface area contributed by atoms with E-state index in [1.165, 1.54) is 17.0 Å². The summed E-state index contributed by atoms with van der Waals surface area (Å²) in [6, 6.07) is 4.51. The number of aryl methyl sites for hydroxylation is 1. The van der Waals surface area contributed by atoms with Gasteiger partial charge in [-0.25, -0.2) is 14.2 Å². The summed E-state index contributed by atoms with van der Waals surface area (Å²) in [4.78, 5) is 31.4. The van der Waals surface area contributed by atoms with Gasteiger partial charge in [-0.15, -0.1) is 0 Å². The Balaban J connectivity index is 1.54. The molecule has 1 aromatic heterocycles. The summed E-state index contributed by atoms with van der Waals surface area (Å²) in [5.74, 6) is -1.62. The molecule has 1 saturated heterocycles. The van der Waals surface area contributed by atoms with Crippen molar-refractivity contribution in [2.24, 2.45) is 0 Å². The smallest absolute Gasteiger partial charge is 0.417 e. The van der Waals surface area contributed by atoms with Crippen LogP contribution in [0.5, 0.6) is 0 Å². The predicted molar refractivity (Wildman–Crippen MR) is 104 cm³/mol. The number of hydrogen-bond acceptors (Lipinski definition) is 5. The molecular weight excluding hydrogens is 442 g/mol. The van der Waals surface area contributed by atoms with Gasteiger partial charge in [-0.1, -0.05) is 17.7 Å². The molecule has 1 fully saturated rings. The lowest BCUT2D eigenvalue weighted by atomic mass is 10.1. The molecule has 0 bridgehead atoms. The Morgan fingerprint density at radius 1 is 1.16 bits per heavy atom. The predicted octanol–water partition coefficient (Wildman–Crippen LogP) is 3.71. The number of rotatable bonds is 4. The zero-order valence-electron chi connectivity index (χ0n) is 16.4. The zero-order valence-corrected chi connectivity index (χ0v) is 17.1. The van der Waals surface area contributed by atoms with Crippen molar-refractivity contribution in [2.75, 3.05) is 37.7 Å². The van der Waals surface area contributed by atoms with Crippen molar-refractivity contribution in [1.29, 1.82) is 0 Å². The van der Waals surface area contributed by atoms with E-state index in [-0.39, 0.29) is 29.5 Å². The lowest BCUT2D eigenvalue weighted by Gasteiger charge is -2.35. The van der Waals surface area contributed by atoms with E-state index >= 15 is 0 Å². The van der Waals surface area contributed by atoms with Crippen molar-refractivity contribution >= 4 is 29.3 Å². The van der Waals surface area contributed by atoms with Gasteiger partial charge in [0.2, 0.25) is 0 Å². The molecule has 1 aromatic carbocycles. The number of esters is 1. The topological polar surface area (TPSA) is 62.7 Å². The molecule has 1 amide bonds. The zero-order chi connectivity index (χ0) is 22.8. The summed E-state index contributed by atoms with van der Waals surface area (Å²) in [5, 5.41) is -0.131. The highest BCUT2D eigenvalue weighted by Crippen LogP contribution is 2.33. The Labute approximate surface area is 180 Å². The summed E-state index contributed by atoms with van der Waals surface area (Å²) in [5.41, 5.74) is -0.376. The van der Waals surface area contributed by atoms with E-state index in [0.29, 0.717) is 24.8 Å². The Hall–Kier alpha value is -2.88. The highest BCUT2D eigenvalue weighted by Gasteiger charge is 2.32. The van der Waals surface area contributed by atoms with E-state index in [1.54, 1.807) is 11.8 Å². The first-order chi connectivity index (χ1) is 14.6. The second kappa shape index (κ2) is 9.09. The number of hydrogen-bond donors (Lipinski definition) is 0. The minimum Gasteiger partial charge on any atom is -0.452 e. The lowest BCUT2D eigenvalue weighted by Crippen LogP contribution is -2.50. The van der Waals surface area contributed by atoms with E-state index < -0.39 is 36.0 Å². The Kier molecular flexibility index (Phi) is 6.68. The number of ether oxygens (including phenoxy) is 1. The van der Waals surface area contributed by atoms with Gasteiger partial charge in [0.15, 0.2) is 6.61 Å². The highest BCUT2D eigenvalue weighted by atomic mass is 35.5. The molecule has 0 radical (unpaired) electrons. The maximum absolute atomic E-state index is 13.3. The molecule has 0 spiro atoms. The summed E-state index contributed by atoms with van der Waals surface area (Å²) in [6.45, 7) is 2.19. The van der Waals surface area contributed by atoms with Crippen molar-refractivity contribution in [2.45, 2.75) is 13.1 Å². The molecule has 31 heavy (non-hydrogen) atoms. The summed E-state index contributed by atoms with van der Waals surface area (Å²) >= 11 is 5.97. The van der Waals surface area contributed by atoms with Gasteiger partial charge in [-0.05, 0) is 30.7 Å². The monoisotopic (exact) mass is 459 g/mol. The number of carbonyl (C=O) groups excluding carboxylic acids is 2. The van der Waals surface area contributed by atoms with Gasteiger partial charge in [-0.2, -0.15) is 13.2 Å². The number of piperazine rings is 1. The van der Waals surface area contributed by atoms with E-state index in [4.69, 9.17) is 16.3 Å². The first kappa shape index (κ1) is 22.8. The van der Waals surface area contributed by atoms with Crippen LogP contribution in [0.4, 0.5) is 23.4 Å². The van der Waals surface area contributed by atoms with Crippen LogP contribution in [0.1, 0.15) is 21.5 Å². The number of amides is 1. The van der Waals surface area contributed by atoms with Gasteiger partial charge in [0, 0.05) is 32.4 Å². The summed E-state index contributed by atoms with van der Waals surface area (Å²) in [7, 11) is 0. The molecule has 6 nitrogen and oxygen atoms in total. The molecule has 0 saturated carbocycles. The number of carbonyl (C=O) groups is 2. The van der Waals surface area contributed by atoms with Crippen molar-refractivity contribution < 1.29 is 31.9 Å². The van der Waals surface area contributed by atoms with Gasteiger partial charge in [-0.3, -0.25) is 4.79 Å². The molecular formula is C20H18ClF4N3O3. The largest absolute Gasteiger partial charge is 0.452 e. The third-order valence-corrected chi connectivity index (χ3v) is 5.11. The number of anilines is 1. The van der Waals surface area contributed by atoms with E-state index in [1.807, 2.05) is 0 Å². The maximum atomic E-state index is 13.3. The number of benzene rings is 1. The van der Waals surface area contributed by atoms with Crippen LogP contribution in [0.2, 0.25) is 5.02 Å². The third-order valence-electron chi connectivity index (χ3n) is 4.83. The molecule has 11 heteroatoms. The first-order valence-electron chi connectivity index (χ1n) is 9.25. The fourth-order valence-electron chi connectivity index (χ4n) is 3.10. The summed E-state index contributed by atoms with van der Waals surface area (Å²) < 4.78 is 56.6. The van der Waals surface area contributed by atoms with E-state index in [2.05, 4.69) is 4.98 Å². The SMILES string of the molecule is Cc1ccc(F)cc1C(=O)OCC(=O)N1CCN(c2ncc(C(F)(F)F)cc2Cl)CC1. The molecule has 166 valence electrons. The molecule has 1 aliphatic heterocycles. The van der Waals surface area contributed by atoms with Crippen LogP contribution in [-0.2, 0) is 15.7 Å². The van der Waals surface area contributed by atoms with Crippen molar-refractivity contribution in [1.82, 2.24) is 9.88 Å². The fraction of sp³-hybridized carbons (Fsp3) is 0.350. The molecule has 1 aliphatic rings. The lowest BCUT2D eigenvalue weighted by molar-refractivity contribution is -0.138. The van der Waals surface area contributed by atoms with Crippen LogP contribution in [-0.4, -0.2) is 54.5 Å². The number of aromatic nitrogens is 1. The molecule has 3 rings (SSSR count). The second-order valence-electron chi connectivity index (χ2n) is 6.93. The minimum atomic E-state index is -4.54. The Morgan fingerprint density at radius 3 is 2.45 bits per heavy atom. The minimum absolute atomic E-state index is 0.0423. The summed E-state index contributed by atoms with van der Waals surface area (Å²) in [6.07, 6.45) is -3.83. The molecule has 0 unspecified atom stereocenters. The normalized spacial score (nSPS) is 14.5. The number of halogens is 5. The van der Waals surface area contributed by atoms with Crippen LogP contribution in [0.3, 0.4) is 0 Å². The Bertz CT molecular complexity index is 992. The van der Waals surface area contributed by atoms with Crippen LogP contribution >= 0.6 is 11.6 Å². The van der Waals surface area contributed by atoms with Crippen LogP contribution < -0.4 is 4.90 Å². The maximum Gasteiger partial charge on any atom is 0.417 e. The average molecular weight is 460 g/mol. The van der Waals surface area contributed by atoms with E-state index in [9.17, 15) is 27.2 Å². The van der Waals surface area contributed by atoms with Crippen LogP contribution in [0, 0.1) is 12.7 Å². The van der Waals surface area contributed by atoms with Gasteiger partial charge < -0.3 is 14.5 Å². The van der Waals surface area contributed by atoms with E-state index in [0.717, 1.165) is 12.1 Å². The highest BCUT2D eigenvalue weighted by molar-refractivity contribution is 6.33. The number of pyridine rings is 1. The average Bonchev–Trinajstić information content (AvgIpc) is 2.73.